The number of rotatable bonds is 2. The van der Waals surface area contributed by atoms with Crippen molar-refractivity contribution < 1.29 is 9.53 Å². The quantitative estimate of drug-likeness (QED) is 0.855. The van der Waals surface area contributed by atoms with Crippen molar-refractivity contribution in [1.82, 2.24) is 9.88 Å². The van der Waals surface area contributed by atoms with Gasteiger partial charge in [0.2, 0.25) is 5.43 Å². The molecular formula is C16H18N2O3. The molecule has 1 fully saturated rings. The maximum Gasteiger partial charge on any atom is 0.343 e. The molecule has 0 atom stereocenters. The molecule has 1 aromatic carbocycles. The number of esters is 1. The summed E-state index contributed by atoms with van der Waals surface area (Å²) in [6.45, 7) is 1.82. The molecule has 1 N–H and O–H groups in total. The topological polar surface area (TPSA) is 62.4 Å². The molecule has 2 heterocycles. The molecule has 1 aliphatic heterocycles. The predicted molar refractivity (Wildman–Crippen MR) is 80.5 cm³/mol. The van der Waals surface area contributed by atoms with Crippen molar-refractivity contribution in [1.29, 1.82) is 0 Å². The van der Waals surface area contributed by atoms with Gasteiger partial charge in [-0.05, 0) is 32.0 Å². The van der Waals surface area contributed by atoms with E-state index >= 15 is 0 Å². The summed E-state index contributed by atoms with van der Waals surface area (Å²) in [5.74, 6) is -0.531. The molecule has 0 spiro atoms. The summed E-state index contributed by atoms with van der Waals surface area (Å²) in [5, 5.41) is 0.510. The van der Waals surface area contributed by atoms with E-state index in [4.69, 9.17) is 4.74 Å². The number of nitrogens with zero attached hydrogens (tertiary/aromatic N) is 1. The van der Waals surface area contributed by atoms with E-state index in [2.05, 4.69) is 9.88 Å². The van der Waals surface area contributed by atoms with Crippen LogP contribution in [0.25, 0.3) is 10.9 Å². The van der Waals surface area contributed by atoms with Gasteiger partial charge in [-0.3, -0.25) is 4.79 Å². The Morgan fingerprint density at radius 2 is 2.00 bits per heavy atom. The van der Waals surface area contributed by atoms with Crippen LogP contribution in [-0.2, 0) is 4.74 Å². The Hall–Kier alpha value is -2.14. The van der Waals surface area contributed by atoms with Crippen LogP contribution in [0.4, 0.5) is 0 Å². The van der Waals surface area contributed by atoms with Gasteiger partial charge in [-0.15, -0.1) is 0 Å². The van der Waals surface area contributed by atoms with E-state index in [0.29, 0.717) is 5.39 Å². The molecular weight excluding hydrogens is 268 g/mol. The number of aromatic nitrogens is 1. The molecule has 0 amide bonds. The first-order valence-electron chi connectivity index (χ1n) is 7.15. The number of ether oxygens (including phenoxy) is 1. The second-order valence-electron chi connectivity index (χ2n) is 5.49. The van der Waals surface area contributed by atoms with Crippen LogP contribution in [0.3, 0.4) is 0 Å². The molecule has 2 aromatic rings. The second kappa shape index (κ2) is 5.69. The number of nitrogens with one attached hydrogen (secondary N) is 1. The van der Waals surface area contributed by atoms with E-state index in [1.165, 1.54) is 6.20 Å². The maximum atomic E-state index is 12.3. The Morgan fingerprint density at radius 3 is 2.76 bits per heavy atom. The molecule has 110 valence electrons. The molecule has 0 bridgehead atoms. The fraction of sp³-hybridized carbons (Fsp3) is 0.375. The number of aromatic amines is 1. The molecule has 3 rings (SSSR count). The van der Waals surface area contributed by atoms with Gasteiger partial charge in [-0.2, -0.15) is 0 Å². The lowest BCUT2D eigenvalue weighted by Crippen LogP contribution is -2.36. The van der Waals surface area contributed by atoms with Gasteiger partial charge in [0.25, 0.3) is 0 Å². The number of hydrogen-bond donors (Lipinski definition) is 1. The lowest BCUT2D eigenvalue weighted by molar-refractivity contribution is 0.0138. The Morgan fingerprint density at radius 1 is 1.29 bits per heavy atom. The Labute approximate surface area is 122 Å². The van der Waals surface area contributed by atoms with Crippen LogP contribution in [0.5, 0.6) is 0 Å². The predicted octanol–water partition coefficient (Wildman–Crippen LogP) is 1.78. The van der Waals surface area contributed by atoms with Gasteiger partial charge in [0, 0.05) is 30.2 Å². The number of pyridine rings is 1. The van der Waals surface area contributed by atoms with Crippen LogP contribution in [0, 0.1) is 0 Å². The minimum absolute atomic E-state index is 0.0765. The lowest BCUT2D eigenvalue weighted by Gasteiger charge is -2.28. The summed E-state index contributed by atoms with van der Waals surface area (Å²) in [5.41, 5.74) is 0.522. The van der Waals surface area contributed by atoms with Crippen LogP contribution in [0.1, 0.15) is 23.2 Å². The van der Waals surface area contributed by atoms with Crippen LogP contribution in [0.15, 0.2) is 35.3 Å². The SMILES string of the molecule is CN1CCC(OC(=O)c2c[nH]c3ccccc3c2=O)CC1. The number of benzene rings is 1. The summed E-state index contributed by atoms with van der Waals surface area (Å²) in [4.78, 5) is 29.7. The number of piperidine rings is 1. The van der Waals surface area contributed by atoms with Gasteiger partial charge in [-0.25, -0.2) is 4.79 Å². The van der Waals surface area contributed by atoms with Crippen molar-refractivity contribution in [3.63, 3.8) is 0 Å². The summed E-state index contributed by atoms with van der Waals surface area (Å²) >= 11 is 0. The van der Waals surface area contributed by atoms with E-state index in [9.17, 15) is 9.59 Å². The first kappa shape index (κ1) is 13.8. The third-order valence-electron chi connectivity index (χ3n) is 3.95. The number of carbonyl (C=O) groups is 1. The fourth-order valence-electron chi connectivity index (χ4n) is 2.64. The third kappa shape index (κ3) is 2.83. The Balaban J connectivity index is 1.82. The first-order valence-corrected chi connectivity index (χ1v) is 7.15. The number of para-hydroxylation sites is 1. The highest BCUT2D eigenvalue weighted by Crippen LogP contribution is 2.14. The highest BCUT2D eigenvalue weighted by Gasteiger charge is 2.22. The summed E-state index contributed by atoms with van der Waals surface area (Å²) in [6, 6.07) is 7.14. The van der Waals surface area contributed by atoms with Gasteiger partial charge >= 0.3 is 5.97 Å². The Kier molecular flexibility index (Phi) is 3.75. The average molecular weight is 286 g/mol. The maximum absolute atomic E-state index is 12.3. The van der Waals surface area contributed by atoms with E-state index < -0.39 is 5.97 Å². The zero-order valence-corrected chi connectivity index (χ0v) is 12.0. The molecule has 5 nitrogen and oxygen atoms in total. The summed E-state index contributed by atoms with van der Waals surface area (Å²) < 4.78 is 5.47. The standard InChI is InChI=1S/C16H18N2O3/c1-18-8-6-11(7-9-18)21-16(20)13-10-17-14-5-3-2-4-12(14)15(13)19/h2-5,10-11H,6-9H2,1H3,(H,17,19). The summed E-state index contributed by atoms with van der Waals surface area (Å²) in [6.07, 6.45) is 2.98. The molecule has 0 aliphatic carbocycles. The van der Waals surface area contributed by atoms with Crippen LogP contribution in [0.2, 0.25) is 0 Å². The zero-order chi connectivity index (χ0) is 14.8. The van der Waals surface area contributed by atoms with Crippen molar-refractivity contribution >= 4 is 16.9 Å². The molecule has 1 saturated heterocycles. The van der Waals surface area contributed by atoms with Crippen molar-refractivity contribution in [2.45, 2.75) is 18.9 Å². The largest absolute Gasteiger partial charge is 0.459 e. The minimum Gasteiger partial charge on any atom is -0.459 e. The molecule has 21 heavy (non-hydrogen) atoms. The number of carbonyl (C=O) groups excluding carboxylic acids is 1. The highest BCUT2D eigenvalue weighted by molar-refractivity contribution is 5.93. The average Bonchev–Trinajstić information content (AvgIpc) is 2.50. The van der Waals surface area contributed by atoms with Crippen LogP contribution >= 0.6 is 0 Å². The number of hydrogen-bond acceptors (Lipinski definition) is 4. The molecule has 5 heteroatoms. The highest BCUT2D eigenvalue weighted by atomic mass is 16.5. The van der Waals surface area contributed by atoms with Gasteiger partial charge in [0.05, 0.1) is 0 Å². The third-order valence-corrected chi connectivity index (χ3v) is 3.95. The second-order valence-corrected chi connectivity index (χ2v) is 5.49. The Bertz CT molecular complexity index is 715. The van der Waals surface area contributed by atoms with Gasteiger partial charge in [0.1, 0.15) is 11.7 Å². The molecule has 0 saturated carbocycles. The van der Waals surface area contributed by atoms with Crippen molar-refractivity contribution in [2.75, 3.05) is 20.1 Å². The van der Waals surface area contributed by atoms with Crippen LogP contribution in [-0.4, -0.2) is 42.1 Å². The van der Waals surface area contributed by atoms with Gasteiger partial charge < -0.3 is 14.6 Å². The van der Waals surface area contributed by atoms with E-state index in [1.54, 1.807) is 12.1 Å². The van der Waals surface area contributed by atoms with Gasteiger partial charge in [0.15, 0.2) is 0 Å². The smallest absolute Gasteiger partial charge is 0.343 e. The minimum atomic E-state index is -0.531. The first-order chi connectivity index (χ1) is 10.1. The van der Waals surface area contributed by atoms with Gasteiger partial charge in [-0.1, -0.05) is 12.1 Å². The number of fused-ring (bicyclic) bond motifs is 1. The molecule has 1 aliphatic rings. The zero-order valence-electron chi connectivity index (χ0n) is 12.0. The monoisotopic (exact) mass is 286 g/mol. The van der Waals surface area contributed by atoms with E-state index in [-0.39, 0.29) is 17.1 Å². The normalized spacial score (nSPS) is 17.0. The van der Waals surface area contributed by atoms with Crippen molar-refractivity contribution in [3.05, 3.63) is 46.2 Å². The van der Waals surface area contributed by atoms with E-state index in [1.807, 2.05) is 19.2 Å². The fourth-order valence-corrected chi connectivity index (χ4v) is 2.64. The molecule has 0 radical (unpaired) electrons. The summed E-state index contributed by atoms with van der Waals surface area (Å²) in [7, 11) is 2.05. The van der Waals surface area contributed by atoms with Crippen LogP contribution < -0.4 is 5.43 Å². The number of H-pyrrole nitrogens is 1. The van der Waals surface area contributed by atoms with E-state index in [0.717, 1.165) is 31.4 Å². The van der Waals surface area contributed by atoms with Crippen molar-refractivity contribution in [3.8, 4) is 0 Å². The lowest BCUT2D eigenvalue weighted by atomic mass is 10.1. The van der Waals surface area contributed by atoms with Crippen molar-refractivity contribution in [2.24, 2.45) is 0 Å². The number of likely N-dealkylation sites (tertiary alicyclic amines) is 1. The molecule has 1 aromatic heterocycles. The molecule has 0 unspecified atom stereocenters.